The number of aryl methyl sites for hydroxylation is 1. The van der Waals surface area contributed by atoms with E-state index in [1.165, 1.54) is 24.0 Å². The molecule has 0 fully saturated rings. The van der Waals surface area contributed by atoms with Crippen LogP contribution in [0.1, 0.15) is 12.5 Å². The number of aromatic nitrogens is 1. The van der Waals surface area contributed by atoms with E-state index in [1.807, 2.05) is 0 Å². The highest BCUT2D eigenvalue weighted by atomic mass is 35.5. The van der Waals surface area contributed by atoms with Gasteiger partial charge in [-0.15, -0.1) is 0 Å². The molecule has 6 heteroatoms. The number of anilines is 1. The van der Waals surface area contributed by atoms with Crippen molar-refractivity contribution in [2.75, 3.05) is 5.32 Å². The lowest BCUT2D eigenvalue weighted by Crippen LogP contribution is -2.22. The molecule has 1 atom stereocenters. The van der Waals surface area contributed by atoms with Crippen LogP contribution in [0.25, 0.3) is 0 Å². The number of thioether (sulfide) groups is 1. The standard InChI is InChI=1S/C15H14ClFN2OS/c1-9-3-5-12(7-13(9)17)19-15(20)10(2)21-14-6-4-11(16)8-18-14/h3-8,10H,1-2H3,(H,19,20). The molecule has 1 aromatic heterocycles. The third-order valence-electron chi connectivity index (χ3n) is 2.81. The van der Waals surface area contributed by atoms with Crippen LogP contribution in [0, 0.1) is 12.7 Å². The minimum atomic E-state index is -0.358. The number of carbonyl (C=O) groups excluding carboxylic acids is 1. The average molecular weight is 325 g/mol. The molecule has 2 aromatic rings. The highest BCUT2D eigenvalue weighted by Crippen LogP contribution is 2.23. The summed E-state index contributed by atoms with van der Waals surface area (Å²) in [5, 5.41) is 3.58. The Morgan fingerprint density at radius 1 is 1.38 bits per heavy atom. The molecule has 1 aromatic carbocycles. The number of carbonyl (C=O) groups is 1. The van der Waals surface area contributed by atoms with Crippen molar-refractivity contribution in [2.45, 2.75) is 24.1 Å². The minimum Gasteiger partial charge on any atom is -0.325 e. The first-order valence-corrected chi connectivity index (χ1v) is 7.56. The zero-order chi connectivity index (χ0) is 15.4. The molecule has 1 unspecified atom stereocenters. The van der Waals surface area contributed by atoms with E-state index in [0.29, 0.717) is 21.3 Å². The minimum absolute atomic E-state index is 0.208. The number of hydrogen-bond acceptors (Lipinski definition) is 3. The van der Waals surface area contributed by atoms with Gasteiger partial charge in [0.05, 0.1) is 15.3 Å². The number of nitrogens with zero attached hydrogens (tertiary/aromatic N) is 1. The van der Waals surface area contributed by atoms with E-state index in [1.54, 1.807) is 38.1 Å². The summed E-state index contributed by atoms with van der Waals surface area (Å²) < 4.78 is 13.4. The fourth-order valence-corrected chi connectivity index (χ4v) is 2.48. The summed E-state index contributed by atoms with van der Waals surface area (Å²) in [6.45, 7) is 3.44. The average Bonchev–Trinajstić information content (AvgIpc) is 2.45. The highest BCUT2D eigenvalue weighted by molar-refractivity contribution is 8.00. The van der Waals surface area contributed by atoms with Crippen molar-refractivity contribution in [1.29, 1.82) is 0 Å². The van der Waals surface area contributed by atoms with Crippen LogP contribution in [0.15, 0.2) is 41.6 Å². The maximum atomic E-state index is 13.4. The number of pyridine rings is 1. The number of hydrogen-bond donors (Lipinski definition) is 1. The molecule has 0 bridgehead atoms. The van der Waals surface area contributed by atoms with Gasteiger partial charge in [-0.05, 0) is 43.7 Å². The fraction of sp³-hybridized carbons (Fsp3) is 0.200. The lowest BCUT2D eigenvalue weighted by atomic mass is 10.2. The second-order valence-electron chi connectivity index (χ2n) is 4.53. The lowest BCUT2D eigenvalue weighted by molar-refractivity contribution is -0.115. The van der Waals surface area contributed by atoms with Crippen molar-refractivity contribution in [3.05, 3.63) is 52.9 Å². The molecular formula is C15H14ClFN2OS. The van der Waals surface area contributed by atoms with Gasteiger partial charge in [0, 0.05) is 11.9 Å². The van der Waals surface area contributed by atoms with Gasteiger partial charge in [-0.1, -0.05) is 29.4 Å². The van der Waals surface area contributed by atoms with E-state index < -0.39 is 0 Å². The van der Waals surface area contributed by atoms with Crippen molar-refractivity contribution in [3.63, 3.8) is 0 Å². The van der Waals surface area contributed by atoms with Crippen LogP contribution in [-0.2, 0) is 4.79 Å². The molecule has 21 heavy (non-hydrogen) atoms. The first-order valence-electron chi connectivity index (χ1n) is 6.31. The SMILES string of the molecule is Cc1ccc(NC(=O)C(C)Sc2ccc(Cl)cn2)cc1F. The van der Waals surface area contributed by atoms with Gasteiger partial charge in [-0.25, -0.2) is 9.37 Å². The summed E-state index contributed by atoms with van der Waals surface area (Å²) in [6, 6.07) is 8.09. The number of rotatable bonds is 4. The van der Waals surface area contributed by atoms with Crippen LogP contribution in [0.4, 0.5) is 10.1 Å². The van der Waals surface area contributed by atoms with E-state index in [9.17, 15) is 9.18 Å². The van der Waals surface area contributed by atoms with Gasteiger partial charge < -0.3 is 5.32 Å². The summed E-state index contributed by atoms with van der Waals surface area (Å²) in [5.74, 6) is -0.549. The Morgan fingerprint density at radius 3 is 2.76 bits per heavy atom. The molecule has 2 rings (SSSR count). The number of nitrogens with one attached hydrogen (secondary N) is 1. The summed E-state index contributed by atoms with van der Waals surface area (Å²) in [6.07, 6.45) is 1.53. The van der Waals surface area contributed by atoms with Gasteiger partial charge in [0.1, 0.15) is 5.82 Å². The number of amides is 1. The highest BCUT2D eigenvalue weighted by Gasteiger charge is 2.15. The molecule has 0 aliphatic carbocycles. The fourth-order valence-electron chi connectivity index (χ4n) is 1.58. The Balaban J connectivity index is 1.98. The zero-order valence-corrected chi connectivity index (χ0v) is 13.1. The van der Waals surface area contributed by atoms with Gasteiger partial charge in [-0.2, -0.15) is 0 Å². The van der Waals surface area contributed by atoms with Crippen molar-refractivity contribution in [1.82, 2.24) is 4.98 Å². The first kappa shape index (κ1) is 15.8. The number of benzene rings is 1. The molecule has 1 heterocycles. The van der Waals surface area contributed by atoms with E-state index in [2.05, 4.69) is 10.3 Å². The maximum absolute atomic E-state index is 13.4. The van der Waals surface area contributed by atoms with Crippen molar-refractivity contribution in [3.8, 4) is 0 Å². The van der Waals surface area contributed by atoms with E-state index in [4.69, 9.17) is 11.6 Å². The molecule has 1 amide bonds. The Morgan fingerprint density at radius 2 is 2.14 bits per heavy atom. The quantitative estimate of drug-likeness (QED) is 0.852. The molecule has 0 aliphatic rings. The first-order chi connectivity index (χ1) is 9.95. The molecule has 0 spiro atoms. The largest absolute Gasteiger partial charge is 0.325 e. The molecular weight excluding hydrogens is 311 g/mol. The second kappa shape index (κ2) is 6.91. The van der Waals surface area contributed by atoms with Crippen LogP contribution in [0.3, 0.4) is 0 Å². The molecule has 0 saturated carbocycles. The Kier molecular flexibility index (Phi) is 5.20. The monoisotopic (exact) mass is 324 g/mol. The summed E-state index contributed by atoms with van der Waals surface area (Å²) in [5.41, 5.74) is 0.986. The molecule has 110 valence electrons. The van der Waals surface area contributed by atoms with Crippen LogP contribution in [0.2, 0.25) is 5.02 Å². The summed E-state index contributed by atoms with van der Waals surface area (Å²) in [7, 11) is 0. The van der Waals surface area contributed by atoms with Crippen LogP contribution in [-0.4, -0.2) is 16.1 Å². The maximum Gasteiger partial charge on any atom is 0.237 e. The Labute approximate surface area is 131 Å². The van der Waals surface area contributed by atoms with Crippen molar-refractivity contribution >= 4 is 35.0 Å². The van der Waals surface area contributed by atoms with Gasteiger partial charge in [0.15, 0.2) is 0 Å². The summed E-state index contributed by atoms with van der Waals surface area (Å²) in [4.78, 5) is 16.2. The normalized spacial score (nSPS) is 12.0. The molecule has 0 aliphatic heterocycles. The zero-order valence-electron chi connectivity index (χ0n) is 11.6. The smallest absolute Gasteiger partial charge is 0.237 e. The third kappa shape index (κ3) is 4.44. The van der Waals surface area contributed by atoms with Crippen molar-refractivity contribution in [2.24, 2.45) is 0 Å². The van der Waals surface area contributed by atoms with E-state index in [-0.39, 0.29) is 17.0 Å². The second-order valence-corrected chi connectivity index (χ2v) is 6.33. The van der Waals surface area contributed by atoms with Gasteiger partial charge in [-0.3, -0.25) is 4.79 Å². The molecule has 0 radical (unpaired) electrons. The van der Waals surface area contributed by atoms with E-state index in [0.717, 1.165) is 0 Å². The van der Waals surface area contributed by atoms with Gasteiger partial charge in [0.25, 0.3) is 0 Å². The third-order valence-corrected chi connectivity index (χ3v) is 4.08. The molecule has 3 nitrogen and oxygen atoms in total. The van der Waals surface area contributed by atoms with Gasteiger partial charge in [0.2, 0.25) is 5.91 Å². The van der Waals surface area contributed by atoms with Crippen molar-refractivity contribution < 1.29 is 9.18 Å². The molecule has 1 N–H and O–H groups in total. The lowest BCUT2D eigenvalue weighted by Gasteiger charge is -2.12. The van der Waals surface area contributed by atoms with Gasteiger partial charge >= 0.3 is 0 Å². The number of halogens is 2. The topological polar surface area (TPSA) is 42.0 Å². The summed E-state index contributed by atoms with van der Waals surface area (Å²) >= 11 is 7.07. The van der Waals surface area contributed by atoms with Crippen LogP contribution >= 0.6 is 23.4 Å². The molecule has 0 saturated heterocycles. The van der Waals surface area contributed by atoms with Crippen LogP contribution < -0.4 is 5.32 Å². The predicted octanol–water partition coefficient (Wildman–Crippen LogP) is 4.30. The Hall–Kier alpha value is -1.59. The Bertz CT molecular complexity index is 649. The predicted molar refractivity (Wildman–Crippen MR) is 84.3 cm³/mol. The van der Waals surface area contributed by atoms with E-state index >= 15 is 0 Å². The van der Waals surface area contributed by atoms with Crippen LogP contribution in [0.5, 0.6) is 0 Å².